The summed E-state index contributed by atoms with van der Waals surface area (Å²) >= 11 is 0. The van der Waals surface area contributed by atoms with E-state index in [4.69, 9.17) is 9.47 Å². The van der Waals surface area contributed by atoms with Crippen LogP contribution in [0, 0.1) is 5.92 Å². The lowest BCUT2D eigenvalue weighted by molar-refractivity contribution is -0.121. The Labute approximate surface area is 128 Å². The lowest BCUT2D eigenvalue weighted by Gasteiger charge is -2.24. The van der Waals surface area contributed by atoms with Gasteiger partial charge in [-0.25, -0.2) is 0 Å². The zero-order valence-corrected chi connectivity index (χ0v) is 12.6. The first-order valence-corrected chi connectivity index (χ1v) is 7.21. The van der Waals surface area contributed by atoms with Gasteiger partial charge >= 0.3 is 0 Å². The van der Waals surface area contributed by atoms with Crippen LogP contribution in [0.15, 0.2) is 24.4 Å². The normalized spacial score (nSPS) is 16.5. The minimum Gasteiger partial charge on any atom is -0.494 e. The Morgan fingerprint density at radius 3 is 3.14 bits per heavy atom. The van der Waals surface area contributed by atoms with Crippen LogP contribution in [-0.4, -0.2) is 34.1 Å². The van der Waals surface area contributed by atoms with Crippen LogP contribution in [0.4, 0.5) is 5.82 Å². The van der Waals surface area contributed by atoms with E-state index in [0.29, 0.717) is 25.5 Å². The summed E-state index contributed by atoms with van der Waals surface area (Å²) in [5.41, 5.74) is 0.983. The third-order valence-electron chi connectivity index (χ3n) is 3.47. The van der Waals surface area contributed by atoms with Crippen LogP contribution < -0.4 is 14.8 Å². The van der Waals surface area contributed by atoms with E-state index in [2.05, 4.69) is 15.6 Å². The van der Waals surface area contributed by atoms with Crippen molar-refractivity contribution in [2.45, 2.75) is 13.3 Å². The van der Waals surface area contributed by atoms with Gasteiger partial charge in [0.25, 0.3) is 0 Å². The highest BCUT2D eigenvalue weighted by Crippen LogP contribution is 2.31. The Bertz CT molecular complexity index is 683. The molecule has 7 nitrogen and oxygen atoms in total. The molecule has 0 bridgehead atoms. The Kier molecular flexibility index (Phi) is 3.95. The number of hydrogen-bond donors (Lipinski definition) is 1. The molecule has 0 radical (unpaired) electrons. The standard InChI is InChI=1S/C15H18N4O3/c1-3-21-12-4-5-13-10(7-12)6-11(9-22-13)15(20)16-14-8-19(2)18-17-14/h4-5,7-8,11H,3,6,9H2,1-2H3,(H,16,20). The summed E-state index contributed by atoms with van der Waals surface area (Å²) in [5.74, 6) is 1.67. The molecule has 1 aromatic heterocycles. The molecule has 22 heavy (non-hydrogen) atoms. The molecular weight excluding hydrogens is 284 g/mol. The van der Waals surface area contributed by atoms with Crippen LogP contribution in [0.5, 0.6) is 11.5 Å². The largest absolute Gasteiger partial charge is 0.494 e. The fourth-order valence-corrected chi connectivity index (χ4v) is 2.43. The molecule has 0 spiro atoms. The van der Waals surface area contributed by atoms with E-state index in [1.807, 2.05) is 25.1 Å². The minimum absolute atomic E-state index is 0.118. The summed E-state index contributed by atoms with van der Waals surface area (Å²) in [6.45, 7) is 2.90. The zero-order chi connectivity index (χ0) is 15.5. The Hall–Kier alpha value is -2.57. The number of ether oxygens (including phenoxy) is 2. The first-order chi connectivity index (χ1) is 10.7. The lowest BCUT2D eigenvalue weighted by atomic mass is 9.96. The number of aryl methyl sites for hydroxylation is 1. The monoisotopic (exact) mass is 302 g/mol. The number of anilines is 1. The first kappa shape index (κ1) is 14.4. The van der Waals surface area contributed by atoms with Gasteiger partial charge in [-0.15, -0.1) is 5.10 Å². The number of aromatic nitrogens is 3. The number of rotatable bonds is 4. The van der Waals surface area contributed by atoms with Gasteiger partial charge in [0.15, 0.2) is 5.82 Å². The van der Waals surface area contributed by atoms with Crippen molar-refractivity contribution in [1.29, 1.82) is 0 Å². The lowest BCUT2D eigenvalue weighted by Crippen LogP contribution is -2.32. The minimum atomic E-state index is -0.258. The number of hydrogen-bond acceptors (Lipinski definition) is 5. The van der Waals surface area contributed by atoms with E-state index < -0.39 is 0 Å². The Morgan fingerprint density at radius 2 is 2.41 bits per heavy atom. The maximum absolute atomic E-state index is 12.3. The van der Waals surface area contributed by atoms with Crippen LogP contribution in [0.2, 0.25) is 0 Å². The van der Waals surface area contributed by atoms with Crippen LogP contribution in [0.1, 0.15) is 12.5 Å². The van der Waals surface area contributed by atoms with Crippen LogP contribution in [-0.2, 0) is 18.3 Å². The maximum Gasteiger partial charge on any atom is 0.232 e. The summed E-state index contributed by atoms with van der Waals surface area (Å²) < 4.78 is 12.7. The third-order valence-corrected chi connectivity index (χ3v) is 3.47. The predicted octanol–water partition coefficient (Wildman–Crippen LogP) is 1.40. The van der Waals surface area contributed by atoms with Crippen molar-refractivity contribution >= 4 is 11.7 Å². The highest BCUT2D eigenvalue weighted by atomic mass is 16.5. The topological polar surface area (TPSA) is 78.3 Å². The summed E-state index contributed by atoms with van der Waals surface area (Å²) in [6, 6.07) is 5.69. The second kappa shape index (κ2) is 6.05. The molecule has 0 aliphatic carbocycles. The molecular formula is C15H18N4O3. The second-order valence-electron chi connectivity index (χ2n) is 5.18. The molecule has 116 valence electrons. The van der Waals surface area contributed by atoms with Crippen molar-refractivity contribution in [2.75, 3.05) is 18.5 Å². The van der Waals surface area contributed by atoms with Crippen molar-refractivity contribution < 1.29 is 14.3 Å². The molecule has 2 aromatic rings. The maximum atomic E-state index is 12.3. The number of carbonyl (C=O) groups excluding carboxylic acids is 1. The van der Waals surface area contributed by atoms with Crippen LogP contribution in [0.25, 0.3) is 0 Å². The van der Waals surface area contributed by atoms with E-state index >= 15 is 0 Å². The molecule has 1 atom stereocenters. The third kappa shape index (κ3) is 3.03. The van der Waals surface area contributed by atoms with Gasteiger partial charge in [0.2, 0.25) is 5.91 Å². The Morgan fingerprint density at radius 1 is 1.55 bits per heavy atom. The molecule has 1 aliphatic rings. The van der Waals surface area contributed by atoms with Crippen molar-refractivity contribution in [1.82, 2.24) is 15.0 Å². The van der Waals surface area contributed by atoms with Gasteiger partial charge in [-0.3, -0.25) is 9.48 Å². The predicted molar refractivity (Wildman–Crippen MR) is 79.9 cm³/mol. The molecule has 0 saturated heterocycles. The van der Waals surface area contributed by atoms with Gasteiger partial charge in [-0.05, 0) is 37.1 Å². The second-order valence-corrected chi connectivity index (χ2v) is 5.18. The van der Waals surface area contributed by atoms with Gasteiger partial charge in [0.05, 0.1) is 18.7 Å². The van der Waals surface area contributed by atoms with Gasteiger partial charge in [-0.2, -0.15) is 0 Å². The number of fused-ring (bicyclic) bond motifs is 1. The van der Waals surface area contributed by atoms with Crippen LogP contribution >= 0.6 is 0 Å². The van der Waals surface area contributed by atoms with E-state index in [0.717, 1.165) is 17.1 Å². The molecule has 0 fully saturated rings. The van der Waals surface area contributed by atoms with Gasteiger partial charge in [-0.1, -0.05) is 5.21 Å². The molecule has 1 unspecified atom stereocenters. The summed E-state index contributed by atoms with van der Waals surface area (Å²) in [5, 5.41) is 10.4. The average molecular weight is 302 g/mol. The van der Waals surface area contributed by atoms with Gasteiger partial charge in [0, 0.05) is 7.05 Å². The molecule has 1 amide bonds. The molecule has 3 rings (SSSR count). The van der Waals surface area contributed by atoms with E-state index in [-0.39, 0.29) is 11.8 Å². The van der Waals surface area contributed by atoms with Gasteiger partial charge < -0.3 is 14.8 Å². The van der Waals surface area contributed by atoms with E-state index in [1.165, 1.54) is 4.68 Å². The number of amides is 1. The molecule has 0 saturated carbocycles. The van der Waals surface area contributed by atoms with Gasteiger partial charge in [0.1, 0.15) is 18.1 Å². The summed E-state index contributed by atoms with van der Waals surface area (Å²) in [4.78, 5) is 12.3. The Balaban J connectivity index is 1.69. The molecule has 1 aliphatic heterocycles. The summed E-state index contributed by atoms with van der Waals surface area (Å²) in [7, 11) is 1.75. The van der Waals surface area contributed by atoms with Crippen molar-refractivity contribution in [3.63, 3.8) is 0 Å². The highest BCUT2D eigenvalue weighted by Gasteiger charge is 2.27. The fraction of sp³-hybridized carbons (Fsp3) is 0.400. The van der Waals surface area contributed by atoms with E-state index in [9.17, 15) is 4.79 Å². The zero-order valence-electron chi connectivity index (χ0n) is 12.6. The van der Waals surface area contributed by atoms with Crippen molar-refractivity contribution in [3.05, 3.63) is 30.0 Å². The summed E-state index contributed by atoms with van der Waals surface area (Å²) in [6.07, 6.45) is 2.27. The number of carbonyl (C=O) groups is 1. The average Bonchev–Trinajstić information content (AvgIpc) is 2.92. The van der Waals surface area contributed by atoms with E-state index in [1.54, 1.807) is 13.2 Å². The smallest absolute Gasteiger partial charge is 0.232 e. The SMILES string of the molecule is CCOc1ccc2c(c1)CC(C(=O)Nc1cn(C)nn1)CO2. The first-order valence-electron chi connectivity index (χ1n) is 7.21. The van der Waals surface area contributed by atoms with Crippen molar-refractivity contribution in [2.24, 2.45) is 13.0 Å². The van der Waals surface area contributed by atoms with Crippen molar-refractivity contribution in [3.8, 4) is 11.5 Å². The number of benzene rings is 1. The number of nitrogens with zero attached hydrogens (tertiary/aromatic N) is 3. The number of nitrogens with one attached hydrogen (secondary N) is 1. The quantitative estimate of drug-likeness (QED) is 0.923. The fourth-order valence-electron chi connectivity index (χ4n) is 2.43. The highest BCUT2D eigenvalue weighted by molar-refractivity contribution is 5.92. The van der Waals surface area contributed by atoms with Crippen LogP contribution in [0.3, 0.4) is 0 Å². The molecule has 1 N–H and O–H groups in total. The molecule has 2 heterocycles. The molecule has 1 aromatic carbocycles. The molecule has 7 heteroatoms.